The molecule has 2 aromatic carbocycles. The van der Waals surface area contributed by atoms with E-state index >= 15 is 0 Å². The molecule has 1 aromatic heterocycles. The van der Waals surface area contributed by atoms with Gasteiger partial charge in [-0.15, -0.1) is 10.2 Å². The Kier molecular flexibility index (Phi) is 7.28. The van der Waals surface area contributed by atoms with E-state index in [4.69, 9.17) is 27.9 Å². The summed E-state index contributed by atoms with van der Waals surface area (Å²) in [5, 5.41) is 12.8. The molecule has 0 aliphatic heterocycles. The van der Waals surface area contributed by atoms with Crippen molar-refractivity contribution in [1.29, 1.82) is 0 Å². The molecule has 0 bridgehead atoms. The van der Waals surface area contributed by atoms with Crippen molar-refractivity contribution in [3.63, 3.8) is 0 Å². The lowest BCUT2D eigenvalue weighted by atomic mass is 10.1. The third-order valence-corrected chi connectivity index (χ3v) is 5.68. The van der Waals surface area contributed by atoms with Crippen LogP contribution in [0.25, 0.3) is 0 Å². The zero-order valence-electron chi connectivity index (χ0n) is 17.1. The van der Waals surface area contributed by atoms with Gasteiger partial charge in [0, 0.05) is 22.8 Å². The van der Waals surface area contributed by atoms with E-state index in [1.165, 1.54) is 11.8 Å². The van der Waals surface area contributed by atoms with Crippen LogP contribution in [0.4, 0.5) is 5.69 Å². The average molecular weight is 465 g/mol. The maximum absolute atomic E-state index is 12.3. The Morgan fingerprint density at radius 3 is 2.37 bits per heavy atom. The third kappa shape index (κ3) is 5.90. The van der Waals surface area contributed by atoms with Gasteiger partial charge in [-0.05, 0) is 62.2 Å². The van der Waals surface area contributed by atoms with E-state index in [9.17, 15) is 4.79 Å². The van der Waals surface area contributed by atoms with Crippen LogP contribution in [0.15, 0.2) is 41.6 Å². The van der Waals surface area contributed by atoms with Crippen LogP contribution < -0.4 is 10.1 Å². The molecule has 3 aromatic rings. The average Bonchev–Trinajstić information content (AvgIpc) is 2.99. The Bertz CT molecular complexity index is 1030. The molecule has 1 heterocycles. The van der Waals surface area contributed by atoms with Crippen molar-refractivity contribution in [2.75, 3.05) is 11.1 Å². The first-order chi connectivity index (χ1) is 14.2. The standard InChI is InChI=1S/C21H22Cl2N4O2S/c1-12-5-13(2)7-18(6-12)29-14(3)20-25-26-21(27(20)4)30-11-19(28)24-17-9-15(22)8-16(23)10-17/h5-10,14H,11H2,1-4H3,(H,24,28). The summed E-state index contributed by atoms with van der Waals surface area (Å²) in [6.45, 7) is 5.99. The number of nitrogens with zero attached hydrogens (tertiary/aromatic N) is 3. The number of rotatable bonds is 7. The predicted octanol–water partition coefficient (Wildman–Crippen LogP) is 5.61. The maximum Gasteiger partial charge on any atom is 0.234 e. The van der Waals surface area contributed by atoms with Gasteiger partial charge in [0.25, 0.3) is 0 Å². The van der Waals surface area contributed by atoms with E-state index in [0.717, 1.165) is 16.9 Å². The predicted molar refractivity (Wildman–Crippen MR) is 122 cm³/mol. The first-order valence-electron chi connectivity index (χ1n) is 9.24. The fourth-order valence-corrected chi connectivity index (χ4v) is 4.26. The van der Waals surface area contributed by atoms with E-state index in [2.05, 4.69) is 21.6 Å². The van der Waals surface area contributed by atoms with Crippen molar-refractivity contribution in [2.24, 2.45) is 7.05 Å². The van der Waals surface area contributed by atoms with Crippen LogP contribution in [0.3, 0.4) is 0 Å². The van der Waals surface area contributed by atoms with E-state index in [0.29, 0.717) is 26.7 Å². The van der Waals surface area contributed by atoms with E-state index in [1.54, 1.807) is 18.2 Å². The SMILES string of the molecule is Cc1cc(C)cc(OC(C)c2nnc(SCC(=O)Nc3cc(Cl)cc(Cl)c3)n2C)c1. The van der Waals surface area contributed by atoms with Crippen molar-refractivity contribution < 1.29 is 9.53 Å². The van der Waals surface area contributed by atoms with Crippen molar-refractivity contribution >= 4 is 46.6 Å². The molecule has 1 atom stereocenters. The molecule has 3 rings (SSSR count). The number of anilines is 1. The number of ether oxygens (including phenoxy) is 1. The second-order valence-electron chi connectivity index (χ2n) is 6.98. The maximum atomic E-state index is 12.3. The summed E-state index contributed by atoms with van der Waals surface area (Å²) >= 11 is 13.2. The van der Waals surface area contributed by atoms with Crippen LogP contribution in [0.1, 0.15) is 30.0 Å². The molecule has 30 heavy (non-hydrogen) atoms. The smallest absolute Gasteiger partial charge is 0.234 e. The fourth-order valence-electron chi connectivity index (χ4n) is 3.02. The first kappa shape index (κ1) is 22.5. The molecule has 0 saturated carbocycles. The minimum absolute atomic E-state index is 0.169. The number of halogens is 2. The molecule has 0 spiro atoms. The second kappa shape index (κ2) is 9.73. The van der Waals surface area contributed by atoms with Crippen molar-refractivity contribution in [3.05, 3.63) is 63.4 Å². The van der Waals surface area contributed by atoms with Crippen LogP contribution >= 0.6 is 35.0 Å². The molecular formula is C21H22Cl2N4O2S. The molecule has 0 radical (unpaired) electrons. The lowest BCUT2D eigenvalue weighted by Gasteiger charge is -2.15. The molecule has 0 aliphatic rings. The first-order valence-corrected chi connectivity index (χ1v) is 11.0. The van der Waals surface area contributed by atoms with Crippen LogP contribution in [-0.4, -0.2) is 26.4 Å². The minimum atomic E-state index is -0.291. The molecular weight excluding hydrogens is 443 g/mol. The molecule has 0 saturated heterocycles. The fraction of sp³-hybridized carbons (Fsp3) is 0.286. The van der Waals surface area contributed by atoms with Crippen molar-refractivity contribution in [1.82, 2.24) is 14.8 Å². The van der Waals surface area contributed by atoms with Gasteiger partial charge in [0.2, 0.25) is 5.91 Å². The number of thioether (sulfide) groups is 1. The number of carbonyl (C=O) groups excluding carboxylic acids is 1. The summed E-state index contributed by atoms with van der Waals surface area (Å²) in [5.74, 6) is 1.44. The van der Waals surface area contributed by atoms with Crippen LogP contribution in [0, 0.1) is 13.8 Å². The molecule has 158 valence electrons. The highest BCUT2D eigenvalue weighted by Crippen LogP contribution is 2.26. The lowest BCUT2D eigenvalue weighted by molar-refractivity contribution is -0.113. The summed E-state index contributed by atoms with van der Waals surface area (Å²) in [4.78, 5) is 12.3. The van der Waals surface area contributed by atoms with Gasteiger partial charge in [0.05, 0.1) is 5.75 Å². The molecule has 1 N–H and O–H groups in total. The molecule has 1 unspecified atom stereocenters. The lowest BCUT2D eigenvalue weighted by Crippen LogP contribution is -2.15. The second-order valence-corrected chi connectivity index (χ2v) is 8.79. The highest BCUT2D eigenvalue weighted by Gasteiger charge is 2.18. The molecule has 0 aliphatic carbocycles. The molecule has 9 heteroatoms. The summed E-state index contributed by atoms with van der Waals surface area (Å²) in [5.41, 5.74) is 2.82. The van der Waals surface area contributed by atoms with E-state index in [1.807, 2.05) is 44.5 Å². The van der Waals surface area contributed by atoms with Crippen LogP contribution in [-0.2, 0) is 11.8 Å². The Morgan fingerprint density at radius 1 is 1.10 bits per heavy atom. The molecule has 1 amide bonds. The number of hydrogen-bond acceptors (Lipinski definition) is 5. The van der Waals surface area contributed by atoms with Gasteiger partial charge >= 0.3 is 0 Å². The normalized spacial score (nSPS) is 11.9. The summed E-state index contributed by atoms with van der Waals surface area (Å²) < 4.78 is 7.88. The van der Waals surface area contributed by atoms with Crippen LogP contribution in [0.2, 0.25) is 10.0 Å². The van der Waals surface area contributed by atoms with Gasteiger partial charge in [-0.3, -0.25) is 4.79 Å². The van der Waals surface area contributed by atoms with Gasteiger partial charge in [-0.1, -0.05) is 41.0 Å². The van der Waals surface area contributed by atoms with Gasteiger partial charge in [-0.2, -0.15) is 0 Å². The number of aromatic nitrogens is 3. The summed E-state index contributed by atoms with van der Waals surface area (Å²) in [7, 11) is 1.85. The van der Waals surface area contributed by atoms with Gasteiger partial charge in [0.1, 0.15) is 5.75 Å². The Hall–Kier alpha value is -2.22. The van der Waals surface area contributed by atoms with Gasteiger partial charge in [0.15, 0.2) is 17.1 Å². The zero-order chi connectivity index (χ0) is 21.8. The van der Waals surface area contributed by atoms with Gasteiger partial charge in [-0.25, -0.2) is 0 Å². The van der Waals surface area contributed by atoms with E-state index in [-0.39, 0.29) is 17.8 Å². The highest BCUT2D eigenvalue weighted by molar-refractivity contribution is 7.99. The Labute approximate surface area is 189 Å². The molecule has 6 nitrogen and oxygen atoms in total. The zero-order valence-corrected chi connectivity index (χ0v) is 19.4. The highest BCUT2D eigenvalue weighted by atomic mass is 35.5. The van der Waals surface area contributed by atoms with E-state index < -0.39 is 0 Å². The Balaban J connectivity index is 1.61. The van der Waals surface area contributed by atoms with Gasteiger partial charge < -0.3 is 14.6 Å². The topological polar surface area (TPSA) is 69.0 Å². The number of amides is 1. The minimum Gasteiger partial charge on any atom is -0.483 e. The van der Waals surface area contributed by atoms with Crippen molar-refractivity contribution in [3.8, 4) is 5.75 Å². The van der Waals surface area contributed by atoms with Crippen molar-refractivity contribution in [2.45, 2.75) is 32.0 Å². The number of benzene rings is 2. The number of hydrogen-bond donors (Lipinski definition) is 1. The Morgan fingerprint density at radius 2 is 1.73 bits per heavy atom. The summed E-state index contributed by atoms with van der Waals surface area (Å²) in [6, 6.07) is 11.0. The third-order valence-electron chi connectivity index (χ3n) is 4.22. The monoisotopic (exact) mass is 464 g/mol. The molecule has 0 fully saturated rings. The van der Waals surface area contributed by atoms with Crippen LogP contribution in [0.5, 0.6) is 5.75 Å². The number of nitrogens with one attached hydrogen (secondary N) is 1. The number of carbonyl (C=O) groups is 1. The quantitative estimate of drug-likeness (QED) is 0.460. The largest absolute Gasteiger partial charge is 0.483 e. The number of aryl methyl sites for hydroxylation is 2. The summed E-state index contributed by atoms with van der Waals surface area (Å²) in [6.07, 6.45) is -0.291.